The van der Waals surface area contributed by atoms with Crippen LogP contribution in [0.5, 0.6) is 0 Å². The topological polar surface area (TPSA) is 54.9 Å². The van der Waals surface area contributed by atoms with E-state index in [9.17, 15) is 14.0 Å². The number of rotatable bonds is 1. The van der Waals surface area contributed by atoms with Crippen molar-refractivity contribution in [2.45, 2.75) is 19.6 Å². The lowest BCUT2D eigenvalue weighted by Crippen LogP contribution is -2.51. The number of nitrogens with zero attached hydrogens (tertiary/aromatic N) is 1. The molecule has 0 radical (unpaired) electrons. The molecule has 4 nitrogen and oxygen atoms in total. The molecule has 1 rings (SSSR count). The third-order valence-corrected chi connectivity index (χ3v) is 3.35. The van der Waals surface area contributed by atoms with Crippen LogP contribution in [-0.2, 0) is 0 Å². The third-order valence-electron chi connectivity index (χ3n) is 1.60. The number of hydrogen-bond donors (Lipinski definition) is 1. The van der Waals surface area contributed by atoms with Crippen LogP contribution >= 0.6 is 0 Å². The van der Waals surface area contributed by atoms with E-state index in [1.54, 1.807) is 19.6 Å². The molecule has 0 spiro atoms. The van der Waals surface area contributed by atoms with Gasteiger partial charge in [-0.3, -0.25) is 9.03 Å². The van der Waals surface area contributed by atoms with Crippen LogP contribution in [0.2, 0.25) is 19.6 Å². The van der Waals surface area contributed by atoms with Gasteiger partial charge in [0, 0.05) is 6.20 Å². The molecule has 0 unspecified atom stereocenters. The van der Waals surface area contributed by atoms with E-state index in [0.717, 1.165) is 10.4 Å². The third kappa shape index (κ3) is 1.77. The van der Waals surface area contributed by atoms with E-state index in [4.69, 9.17) is 0 Å². The predicted octanol–water partition coefficient (Wildman–Crippen LogP) is 0.359. The molecule has 0 amide bonds. The molecule has 0 fully saturated rings. The lowest BCUT2D eigenvalue weighted by atomic mass is 10.6. The van der Waals surface area contributed by atoms with Gasteiger partial charge in [-0.05, 0) is 0 Å². The van der Waals surface area contributed by atoms with Crippen LogP contribution < -0.4 is 11.2 Å². The normalized spacial score (nSPS) is 11.7. The summed E-state index contributed by atoms with van der Waals surface area (Å²) >= 11 is 0. The molecule has 1 aromatic rings. The fourth-order valence-electron chi connectivity index (χ4n) is 1.06. The second-order valence-corrected chi connectivity index (χ2v) is 8.54. The molecular weight excluding hydrogens is 191 g/mol. The Balaban J connectivity index is 3.63. The first-order valence-corrected chi connectivity index (χ1v) is 7.29. The molecule has 0 aliphatic carbocycles. The number of halogens is 1. The van der Waals surface area contributed by atoms with Crippen molar-refractivity contribution in [1.29, 1.82) is 0 Å². The number of aromatic amines is 1. The summed E-state index contributed by atoms with van der Waals surface area (Å²) in [5.74, 6) is -0.915. The van der Waals surface area contributed by atoms with Crippen molar-refractivity contribution in [3.05, 3.63) is 32.9 Å². The zero-order valence-electron chi connectivity index (χ0n) is 7.72. The maximum atomic E-state index is 12.8. The summed E-state index contributed by atoms with van der Waals surface area (Å²) in [4.78, 5) is 24.6. The molecule has 0 saturated carbocycles. The van der Waals surface area contributed by atoms with Crippen molar-refractivity contribution in [3.8, 4) is 0 Å². The van der Waals surface area contributed by atoms with Crippen LogP contribution in [0.25, 0.3) is 0 Å². The summed E-state index contributed by atoms with van der Waals surface area (Å²) in [6, 6.07) is 0. The molecule has 6 heteroatoms. The lowest BCUT2D eigenvalue weighted by Gasteiger charge is -2.17. The Bertz CT molecular complexity index is 429. The molecule has 0 aliphatic heterocycles. The summed E-state index contributed by atoms with van der Waals surface area (Å²) in [7, 11) is -2.13. The van der Waals surface area contributed by atoms with Crippen molar-refractivity contribution in [2.24, 2.45) is 0 Å². The Morgan fingerprint density at radius 1 is 1.38 bits per heavy atom. The Morgan fingerprint density at radius 2 is 1.92 bits per heavy atom. The van der Waals surface area contributed by atoms with Gasteiger partial charge in [-0.1, -0.05) is 19.6 Å². The Kier molecular flexibility index (Phi) is 2.25. The molecule has 1 heterocycles. The van der Waals surface area contributed by atoms with Crippen molar-refractivity contribution in [1.82, 2.24) is 9.22 Å². The van der Waals surface area contributed by atoms with Crippen molar-refractivity contribution in [2.75, 3.05) is 0 Å². The minimum absolute atomic E-state index is 0.537. The van der Waals surface area contributed by atoms with Crippen LogP contribution in [0, 0.1) is 5.82 Å². The minimum Gasteiger partial charge on any atom is -0.312 e. The summed E-state index contributed by atoms with van der Waals surface area (Å²) < 4.78 is 13.8. The smallest absolute Gasteiger partial charge is 0.312 e. The average molecular weight is 202 g/mol. The Hall–Kier alpha value is -1.17. The highest BCUT2D eigenvalue weighted by Crippen LogP contribution is 1.98. The maximum Gasteiger partial charge on any atom is 0.320 e. The standard InChI is InChI=1S/C7H11FN2O2Si/c1-13(2,3)10-6(11)5(8)4-9-7(10)12/h4H,1-3H3,(H,9,12). The quantitative estimate of drug-likeness (QED) is 0.668. The molecule has 0 aromatic carbocycles. The highest BCUT2D eigenvalue weighted by Gasteiger charge is 2.22. The second kappa shape index (κ2) is 2.95. The largest absolute Gasteiger partial charge is 0.320 e. The highest BCUT2D eigenvalue weighted by molar-refractivity contribution is 6.74. The van der Waals surface area contributed by atoms with Gasteiger partial charge in [0.25, 0.3) is 5.56 Å². The summed E-state index contributed by atoms with van der Waals surface area (Å²) in [6.07, 6.45) is 0.793. The van der Waals surface area contributed by atoms with E-state index in [-0.39, 0.29) is 0 Å². The zero-order chi connectivity index (χ0) is 10.2. The van der Waals surface area contributed by atoms with Crippen LogP contribution in [0.3, 0.4) is 0 Å². The van der Waals surface area contributed by atoms with E-state index in [1.165, 1.54) is 0 Å². The predicted molar refractivity (Wildman–Crippen MR) is 50.0 cm³/mol. The van der Waals surface area contributed by atoms with Gasteiger partial charge in [-0.15, -0.1) is 0 Å². The van der Waals surface area contributed by atoms with E-state index in [0.29, 0.717) is 0 Å². The van der Waals surface area contributed by atoms with E-state index in [2.05, 4.69) is 4.98 Å². The van der Waals surface area contributed by atoms with Gasteiger partial charge in [0.05, 0.1) is 0 Å². The number of aromatic nitrogens is 2. The second-order valence-electron chi connectivity index (χ2n) is 3.75. The van der Waals surface area contributed by atoms with Gasteiger partial charge >= 0.3 is 5.69 Å². The van der Waals surface area contributed by atoms with E-state index in [1.807, 2.05) is 0 Å². The van der Waals surface area contributed by atoms with Crippen molar-refractivity contribution in [3.63, 3.8) is 0 Å². The first-order valence-electron chi connectivity index (χ1n) is 3.85. The van der Waals surface area contributed by atoms with Gasteiger partial charge in [-0.2, -0.15) is 4.39 Å². The summed E-state index contributed by atoms with van der Waals surface area (Å²) in [5, 5.41) is 0. The molecule has 1 N–H and O–H groups in total. The molecule has 0 atom stereocenters. The minimum atomic E-state index is -2.13. The van der Waals surface area contributed by atoms with E-state index >= 15 is 0 Å². The Labute approximate surface area is 75.1 Å². The molecule has 0 bridgehead atoms. The lowest BCUT2D eigenvalue weighted by molar-refractivity contribution is 0.588. The molecule has 0 aliphatic rings. The monoisotopic (exact) mass is 202 g/mol. The van der Waals surface area contributed by atoms with E-state index < -0.39 is 25.3 Å². The maximum absolute atomic E-state index is 12.8. The van der Waals surface area contributed by atoms with Crippen LogP contribution in [0.4, 0.5) is 4.39 Å². The molecular formula is C7H11FN2O2Si. The van der Waals surface area contributed by atoms with Gasteiger partial charge in [0.1, 0.15) is 0 Å². The summed E-state index contributed by atoms with van der Waals surface area (Å²) in [6.45, 7) is 5.38. The zero-order valence-corrected chi connectivity index (χ0v) is 8.72. The summed E-state index contributed by atoms with van der Waals surface area (Å²) in [5.41, 5.74) is -1.37. The first kappa shape index (κ1) is 9.91. The molecule has 72 valence electrons. The SMILES string of the molecule is C[Si](C)(C)n1c(=O)[nH]cc(F)c1=O. The van der Waals surface area contributed by atoms with Crippen molar-refractivity contribution >= 4 is 8.24 Å². The molecule has 0 saturated heterocycles. The molecule has 1 aromatic heterocycles. The van der Waals surface area contributed by atoms with Gasteiger partial charge in [-0.25, -0.2) is 4.79 Å². The fourth-order valence-corrected chi connectivity index (χ4v) is 2.45. The van der Waals surface area contributed by atoms with Crippen molar-refractivity contribution < 1.29 is 4.39 Å². The molecule has 13 heavy (non-hydrogen) atoms. The first-order chi connectivity index (χ1) is 5.84. The number of hydrogen-bond acceptors (Lipinski definition) is 2. The van der Waals surface area contributed by atoms with Gasteiger partial charge in [0.15, 0.2) is 8.24 Å². The Morgan fingerprint density at radius 3 is 2.31 bits per heavy atom. The number of nitrogens with one attached hydrogen (secondary N) is 1. The van der Waals surface area contributed by atoms with Crippen LogP contribution in [-0.4, -0.2) is 17.5 Å². The van der Waals surface area contributed by atoms with Gasteiger partial charge < -0.3 is 4.98 Å². The van der Waals surface area contributed by atoms with Crippen LogP contribution in [0.1, 0.15) is 0 Å². The average Bonchev–Trinajstić information content (AvgIpc) is 1.95. The van der Waals surface area contributed by atoms with Crippen LogP contribution in [0.15, 0.2) is 15.8 Å². The fraction of sp³-hybridized carbons (Fsp3) is 0.429. The highest BCUT2D eigenvalue weighted by atomic mass is 28.3. The number of H-pyrrole nitrogens is 1. The van der Waals surface area contributed by atoms with Gasteiger partial charge in [0.2, 0.25) is 5.82 Å².